The number of carbonyl (C=O) groups is 2. The fourth-order valence-corrected chi connectivity index (χ4v) is 4.84. The molecule has 2 aromatic carbocycles. The van der Waals surface area contributed by atoms with Crippen LogP contribution in [-0.2, 0) is 26.2 Å². The number of nitrogens with one attached hydrogen (secondary N) is 1. The van der Waals surface area contributed by atoms with Crippen molar-refractivity contribution in [3.8, 4) is 0 Å². The largest absolute Gasteiger partial charge is 0.352 e. The lowest BCUT2D eigenvalue weighted by Crippen LogP contribution is -2.49. The minimum Gasteiger partial charge on any atom is -0.352 e. The van der Waals surface area contributed by atoms with E-state index in [9.17, 15) is 22.4 Å². The lowest BCUT2D eigenvalue weighted by molar-refractivity contribution is -0.140. The maximum Gasteiger partial charge on any atom is 0.242 e. The molecule has 0 bridgehead atoms. The Hall–Kier alpha value is -2.36. The van der Waals surface area contributed by atoms with Gasteiger partial charge in [0, 0.05) is 30.6 Å². The quantitative estimate of drug-likeness (QED) is 0.446. The topological polar surface area (TPSA) is 86.8 Å². The molecule has 0 aromatic heterocycles. The Morgan fingerprint density at radius 3 is 2.26 bits per heavy atom. The normalized spacial score (nSPS) is 12.3. The number of sulfonamides is 1. The third-order valence-corrected chi connectivity index (χ3v) is 6.93. The summed E-state index contributed by atoms with van der Waals surface area (Å²) >= 11 is 12.2. The Labute approximate surface area is 216 Å². The second kappa shape index (κ2) is 12.6. The monoisotopic (exact) mass is 545 g/mol. The number of anilines is 1. The van der Waals surface area contributed by atoms with Crippen LogP contribution in [0, 0.1) is 5.82 Å². The highest BCUT2D eigenvalue weighted by Crippen LogP contribution is 2.31. The molecule has 2 aromatic rings. The summed E-state index contributed by atoms with van der Waals surface area (Å²) in [6, 6.07) is 9.28. The fourth-order valence-electron chi connectivity index (χ4n) is 3.43. The van der Waals surface area contributed by atoms with Crippen LogP contribution in [0.3, 0.4) is 0 Å². The van der Waals surface area contributed by atoms with E-state index in [1.54, 1.807) is 25.1 Å². The van der Waals surface area contributed by atoms with Crippen LogP contribution in [0.2, 0.25) is 10.0 Å². The van der Waals surface area contributed by atoms with Crippen LogP contribution in [0.25, 0.3) is 0 Å². The Morgan fingerprint density at radius 1 is 1.06 bits per heavy atom. The Bertz CT molecular complexity index is 1140. The zero-order chi connectivity index (χ0) is 26.3. The lowest BCUT2D eigenvalue weighted by Gasteiger charge is -2.30. The molecule has 11 heteroatoms. The number of carbonyl (C=O) groups excluding carboxylic acids is 2. The molecule has 0 heterocycles. The molecule has 0 saturated heterocycles. The van der Waals surface area contributed by atoms with Crippen molar-refractivity contribution in [2.24, 2.45) is 0 Å². The highest BCUT2D eigenvalue weighted by molar-refractivity contribution is 7.92. The molecule has 0 aliphatic rings. The first kappa shape index (κ1) is 28.9. The smallest absolute Gasteiger partial charge is 0.242 e. The molecule has 0 aliphatic heterocycles. The van der Waals surface area contributed by atoms with Gasteiger partial charge in [0.05, 0.1) is 17.0 Å². The van der Waals surface area contributed by atoms with Crippen molar-refractivity contribution in [1.82, 2.24) is 10.2 Å². The minimum atomic E-state index is -3.71. The van der Waals surface area contributed by atoms with E-state index in [4.69, 9.17) is 23.2 Å². The summed E-state index contributed by atoms with van der Waals surface area (Å²) in [6.07, 6.45) is 1.20. The number of hydrogen-bond donors (Lipinski definition) is 1. The van der Waals surface area contributed by atoms with E-state index in [1.807, 2.05) is 13.8 Å². The molecule has 1 unspecified atom stereocenters. The second-order valence-corrected chi connectivity index (χ2v) is 11.3. The summed E-state index contributed by atoms with van der Waals surface area (Å²) in [7, 11) is -3.71. The Balaban J connectivity index is 2.20. The van der Waals surface area contributed by atoms with Crippen LogP contribution in [-0.4, -0.2) is 50.0 Å². The number of rotatable bonds is 11. The number of amides is 2. The van der Waals surface area contributed by atoms with Gasteiger partial charge >= 0.3 is 0 Å². The molecule has 0 fully saturated rings. The number of halogens is 3. The number of hydrogen-bond acceptors (Lipinski definition) is 4. The van der Waals surface area contributed by atoms with Gasteiger partial charge in [0.1, 0.15) is 11.9 Å². The molecule has 2 rings (SSSR count). The molecule has 0 radical (unpaired) electrons. The zero-order valence-electron chi connectivity index (χ0n) is 20.1. The molecule has 0 saturated carbocycles. The molecule has 1 atom stereocenters. The maximum absolute atomic E-state index is 13.3. The second-order valence-electron chi connectivity index (χ2n) is 8.52. The number of benzene rings is 2. The molecule has 2 amide bonds. The van der Waals surface area contributed by atoms with Gasteiger partial charge in [-0.1, -0.05) is 35.3 Å². The molecule has 0 spiro atoms. The summed E-state index contributed by atoms with van der Waals surface area (Å²) in [5.41, 5.74) is 0.884. The highest BCUT2D eigenvalue weighted by Gasteiger charge is 2.27. The highest BCUT2D eigenvalue weighted by atomic mass is 35.5. The van der Waals surface area contributed by atoms with Gasteiger partial charge in [-0.25, -0.2) is 12.8 Å². The maximum atomic E-state index is 13.3. The van der Waals surface area contributed by atoms with Crippen molar-refractivity contribution in [3.05, 3.63) is 63.9 Å². The van der Waals surface area contributed by atoms with Crippen LogP contribution < -0.4 is 9.62 Å². The fraction of sp³-hybridized carbons (Fsp3) is 0.417. The molecular weight excluding hydrogens is 516 g/mol. The zero-order valence-corrected chi connectivity index (χ0v) is 22.4. The summed E-state index contributed by atoms with van der Waals surface area (Å²) in [4.78, 5) is 27.2. The van der Waals surface area contributed by atoms with Gasteiger partial charge in [0.15, 0.2) is 0 Å². The average molecular weight is 546 g/mol. The van der Waals surface area contributed by atoms with Gasteiger partial charge in [-0.2, -0.15) is 0 Å². The van der Waals surface area contributed by atoms with Gasteiger partial charge < -0.3 is 10.2 Å². The van der Waals surface area contributed by atoms with Gasteiger partial charge in [-0.3, -0.25) is 13.9 Å². The molecule has 0 aliphatic carbocycles. The summed E-state index contributed by atoms with van der Waals surface area (Å²) in [6.45, 7) is 5.34. The number of nitrogens with zero attached hydrogens (tertiary/aromatic N) is 2. The van der Waals surface area contributed by atoms with Crippen molar-refractivity contribution in [1.29, 1.82) is 0 Å². The van der Waals surface area contributed by atoms with E-state index in [0.29, 0.717) is 10.6 Å². The van der Waals surface area contributed by atoms with E-state index >= 15 is 0 Å². The van der Waals surface area contributed by atoms with Crippen molar-refractivity contribution >= 4 is 50.7 Å². The average Bonchev–Trinajstić information content (AvgIpc) is 2.76. The standard InChI is InChI=1S/C24H30Cl2FN3O4S/c1-16(2)28-24(32)17(3)29(15-18-7-10-20(27)11-8-18)23(31)6-5-13-30(35(4,33)34)22-14-19(25)9-12-21(22)26/h7-12,14,16-17H,5-6,13,15H2,1-4H3,(H,28,32). The van der Waals surface area contributed by atoms with E-state index in [2.05, 4.69) is 5.32 Å². The first-order chi connectivity index (χ1) is 16.3. The van der Waals surface area contributed by atoms with Crippen LogP contribution in [0.15, 0.2) is 42.5 Å². The molecular formula is C24H30Cl2FN3O4S. The Kier molecular flexibility index (Phi) is 10.4. The summed E-state index contributed by atoms with van der Waals surface area (Å²) in [5, 5.41) is 3.33. The predicted octanol–water partition coefficient (Wildman–Crippen LogP) is 4.62. The summed E-state index contributed by atoms with van der Waals surface area (Å²) < 4.78 is 39.3. The van der Waals surface area contributed by atoms with E-state index in [0.717, 1.165) is 10.6 Å². The lowest BCUT2D eigenvalue weighted by atomic mass is 10.1. The third-order valence-electron chi connectivity index (χ3n) is 5.19. The van der Waals surface area contributed by atoms with E-state index in [-0.39, 0.29) is 54.5 Å². The van der Waals surface area contributed by atoms with Crippen LogP contribution in [0.5, 0.6) is 0 Å². The van der Waals surface area contributed by atoms with E-state index < -0.39 is 21.9 Å². The van der Waals surface area contributed by atoms with Gasteiger partial charge in [-0.05, 0) is 63.1 Å². The first-order valence-corrected chi connectivity index (χ1v) is 13.7. The van der Waals surface area contributed by atoms with Gasteiger partial charge in [-0.15, -0.1) is 0 Å². The Morgan fingerprint density at radius 2 is 1.69 bits per heavy atom. The molecule has 35 heavy (non-hydrogen) atoms. The van der Waals surface area contributed by atoms with E-state index in [1.165, 1.54) is 29.2 Å². The summed E-state index contributed by atoms with van der Waals surface area (Å²) in [5.74, 6) is -1.07. The third kappa shape index (κ3) is 8.66. The predicted molar refractivity (Wildman–Crippen MR) is 138 cm³/mol. The molecule has 192 valence electrons. The molecule has 7 nitrogen and oxygen atoms in total. The van der Waals surface area contributed by atoms with Gasteiger partial charge in [0.2, 0.25) is 21.8 Å². The SMILES string of the molecule is CC(C)NC(=O)C(C)N(Cc1ccc(F)cc1)C(=O)CCCN(c1cc(Cl)ccc1Cl)S(C)(=O)=O. The van der Waals surface area contributed by atoms with Crippen LogP contribution in [0.4, 0.5) is 10.1 Å². The van der Waals surface area contributed by atoms with Gasteiger partial charge in [0.25, 0.3) is 0 Å². The van der Waals surface area contributed by atoms with Crippen molar-refractivity contribution in [2.45, 2.75) is 52.2 Å². The minimum absolute atomic E-state index is 0.0123. The van der Waals surface area contributed by atoms with Crippen LogP contribution in [0.1, 0.15) is 39.2 Å². The first-order valence-electron chi connectivity index (χ1n) is 11.1. The van der Waals surface area contributed by atoms with Crippen molar-refractivity contribution in [3.63, 3.8) is 0 Å². The molecule has 1 N–H and O–H groups in total. The van der Waals surface area contributed by atoms with Crippen molar-refractivity contribution < 1.29 is 22.4 Å². The van der Waals surface area contributed by atoms with Crippen LogP contribution >= 0.6 is 23.2 Å². The van der Waals surface area contributed by atoms with Crippen molar-refractivity contribution in [2.75, 3.05) is 17.1 Å².